The number of hydrogen-bond donors (Lipinski definition) is 1. The van der Waals surface area contributed by atoms with Gasteiger partial charge >= 0.3 is 0 Å². The van der Waals surface area contributed by atoms with Crippen LogP contribution in [0.25, 0.3) is 0 Å². The predicted octanol–water partition coefficient (Wildman–Crippen LogP) is 2.71. The number of hydrogen-bond acceptors (Lipinski definition) is 4. The number of benzene rings is 1. The van der Waals surface area contributed by atoms with Gasteiger partial charge in [-0.05, 0) is 37.1 Å². The second-order valence-corrected chi connectivity index (χ2v) is 8.21. The van der Waals surface area contributed by atoms with Crippen LogP contribution in [-0.2, 0) is 9.84 Å². The van der Waals surface area contributed by atoms with Gasteiger partial charge < -0.3 is 5.32 Å². The minimum atomic E-state index is -3.08. The van der Waals surface area contributed by atoms with Crippen LogP contribution in [-0.4, -0.2) is 33.0 Å². The minimum Gasteiger partial charge on any atom is -0.313 e. The Bertz CT molecular complexity index is 491. The van der Waals surface area contributed by atoms with Crippen molar-refractivity contribution in [1.29, 1.82) is 0 Å². The zero-order valence-electron chi connectivity index (χ0n) is 11.3. The van der Waals surface area contributed by atoms with Crippen molar-refractivity contribution in [3.05, 3.63) is 24.3 Å². The summed E-state index contributed by atoms with van der Waals surface area (Å²) < 4.78 is 22.7. The molecule has 1 aromatic rings. The lowest BCUT2D eigenvalue weighted by atomic mass is 10.2. The maximum atomic E-state index is 11.3. The van der Waals surface area contributed by atoms with Crippen molar-refractivity contribution in [3.63, 3.8) is 0 Å². The van der Waals surface area contributed by atoms with Gasteiger partial charge in [-0.15, -0.1) is 11.8 Å². The molecule has 3 nitrogen and oxygen atoms in total. The van der Waals surface area contributed by atoms with Crippen LogP contribution in [0.4, 0.5) is 0 Å². The van der Waals surface area contributed by atoms with Crippen molar-refractivity contribution in [3.8, 4) is 0 Å². The first kappa shape index (κ1) is 14.9. The topological polar surface area (TPSA) is 46.2 Å². The number of nitrogens with one attached hydrogen (secondary N) is 1. The molecule has 2 rings (SSSR count). The fourth-order valence-corrected chi connectivity index (χ4v) is 3.76. The van der Waals surface area contributed by atoms with Gasteiger partial charge in [-0.25, -0.2) is 8.42 Å². The van der Waals surface area contributed by atoms with Crippen molar-refractivity contribution in [2.24, 2.45) is 0 Å². The van der Waals surface area contributed by atoms with Gasteiger partial charge in [0.25, 0.3) is 0 Å². The Morgan fingerprint density at radius 1 is 1.21 bits per heavy atom. The molecule has 1 saturated carbocycles. The van der Waals surface area contributed by atoms with Crippen molar-refractivity contribution in [2.45, 2.75) is 41.5 Å². The minimum absolute atomic E-state index is 0.390. The van der Waals surface area contributed by atoms with Crippen molar-refractivity contribution in [2.75, 3.05) is 18.6 Å². The van der Waals surface area contributed by atoms with Crippen LogP contribution >= 0.6 is 11.8 Å². The molecule has 0 spiro atoms. The second kappa shape index (κ2) is 6.77. The van der Waals surface area contributed by atoms with Crippen LogP contribution in [0, 0.1) is 0 Å². The molecule has 1 N–H and O–H groups in total. The summed E-state index contributed by atoms with van der Waals surface area (Å²) in [6.07, 6.45) is 6.58. The Morgan fingerprint density at radius 3 is 2.42 bits per heavy atom. The normalized spacial score (nSPS) is 16.9. The zero-order chi connectivity index (χ0) is 13.7. The quantitative estimate of drug-likeness (QED) is 0.648. The molecule has 0 radical (unpaired) electrons. The van der Waals surface area contributed by atoms with Crippen LogP contribution in [0.5, 0.6) is 0 Å². The number of rotatable bonds is 6. The highest BCUT2D eigenvalue weighted by molar-refractivity contribution is 7.99. The molecule has 1 aromatic carbocycles. The Hall–Kier alpha value is -0.520. The summed E-state index contributed by atoms with van der Waals surface area (Å²) in [5.74, 6) is 1.02. The lowest BCUT2D eigenvalue weighted by Crippen LogP contribution is -2.27. The molecule has 5 heteroatoms. The monoisotopic (exact) mass is 299 g/mol. The molecule has 19 heavy (non-hydrogen) atoms. The van der Waals surface area contributed by atoms with E-state index in [1.165, 1.54) is 31.9 Å². The molecule has 0 saturated heterocycles. The molecule has 0 aliphatic heterocycles. The van der Waals surface area contributed by atoms with E-state index in [4.69, 9.17) is 0 Å². The summed E-state index contributed by atoms with van der Waals surface area (Å²) in [4.78, 5) is 1.52. The van der Waals surface area contributed by atoms with Gasteiger partial charge in [0, 0.05) is 29.5 Å². The molecule has 1 fully saturated rings. The van der Waals surface area contributed by atoms with Crippen molar-refractivity contribution in [1.82, 2.24) is 5.32 Å². The molecule has 0 unspecified atom stereocenters. The first-order chi connectivity index (χ1) is 9.05. The number of sulfone groups is 1. The average Bonchev–Trinajstić information content (AvgIpc) is 2.87. The maximum absolute atomic E-state index is 11.3. The van der Waals surface area contributed by atoms with E-state index in [1.54, 1.807) is 23.9 Å². The molecule has 106 valence electrons. The van der Waals surface area contributed by atoms with Gasteiger partial charge in [-0.1, -0.05) is 12.8 Å². The standard InChI is InChI=1S/C14H21NO2S2/c1-19(16,17)14-8-6-13(7-9-14)18-11-10-15-12-4-2-3-5-12/h6-9,12,15H,2-5,10-11H2,1H3. The molecular weight excluding hydrogens is 278 g/mol. The molecule has 0 aromatic heterocycles. The van der Waals surface area contributed by atoms with Crippen molar-refractivity contribution < 1.29 is 8.42 Å². The van der Waals surface area contributed by atoms with Crippen LogP contribution in [0.1, 0.15) is 25.7 Å². The van der Waals surface area contributed by atoms with Crippen molar-refractivity contribution >= 4 is 21.6 Å². The van der Waals surface area contributed by atoms with E-state index in [0.717, 1.165) is 17.2 Å². The van der Waals surface area contributed by atoms with Gasteiger partial charge in [0.15, 0.2) is 9.84 Å². The molecule has 0 atom stereocenters. The summed E-state index contributed by atoms with van der Waals surface area (Å²) in [5, 5.41) is 3.57. The smallest absolute Gasteiger partial charge is 0.175 e. The first-order valence-electron chi connectivity index (χ1n) is 6.72. The van der Waals surface area contributed by atoms with E-state index < -0.39 is 9.84 Å². The van der Waals surface area contributed by atoms with Crippen LogP contribution < -0.4 is 5.32 Å². The van der Waals surface area contributed by atoms with E-state index in [0.29, 0.717) is 10.9 Å². The highest BCUT2D eigenvalue weighted by Crippen LogP contribution is 2.21. The van der Waals surface area contributed by atoms with E-state index in [-0.39, 0.29) is 0 Å². The molecular formula is C14H21NO2S2. The van der Waals surface area contributed by atoms with Gasteiger partial charge in [-0.2, -0.15) is 0 Å². The summed E-state index contributed by atoms with van der Waals surface area (Å²) in [5.41, 5.74) is 0. The third-order valence-corrected chi connectivity index (χ3v) is 5.55. The van der Waals surface area contributed by atoms with E-state index >= 15 is 0 Å². The third kappa shape index (κ3) is 4.82. The summed E-state index contributed by atoms with van der Waals surface area (Å²) in [6, 6.07) is 7.85. The van der Waals surface area contributed by atoms with E-state index in [9.17, 15) is 8.42 Å². The average molecular weight is 299 g/mol. The largest absolute Gasteiger partial charge is 0.313 e. The maximum Gasteiger partial charge on any atom is 0.175 e. The highest BCUT2D eigenvalue weighted by atomic mass is 32.2. The molecule has 0 heterocycles. The second-order valence-electron chi connectivity index (χ2n) is 5.03. The van der Waals surface area contributed by atoms with Gasteiger partial charge in [0.05, 0.1) is 4.90 Å². The lowest BCUT2D eigenvalue weighted by molar-refractivity contribution is 0.545. The molecule has 0 amide bonds. The molecule has 1 aliphatic rings. The van der Waals surface area contributed by atoms with Crippen LogP contribution in [0.3, 0.4) is 0 Å². The fourth-order valence-electron chi connectivity index (χ4n) is 2.34. The first-order valence-corrected chi connectivity index (χ1v) is 9.60. The summed E-state index contributed by atoms with van der Waals surface area (Å²) >= 11 is 1.77. The Balaban J connectivity index is 1.74. The highest BCUT2D eigenvalue weighted by Gasteiger charge is 2.13. The lowest BCUT2D eigenvalue weighted by Gasteiger charge is -2.11. The van der Waals surface area contributed by atoms with E-state index in [1.807, 2.05) is 12.1 Å². The molecule has 0 bridgehead atoms. The zero-order valence-corrected chi connectivity index (χ0v) is 12.9. The predicted molar refractivity (Wildman–Crippen MR) is 80.5 cm³/mol. The Morgan fingerprint density at radius 2 is 1.84 bits per heavy atom. The Kier molecular flexibility index (Phi) is 5.30. The Labute approximate surface area is 120 Å². The van der Waals surface area contributed by atoms with E-state index in [2.05, 4.69) is 5.32 Å². The number of thioether (sulfide) groups is 1. The summed E-state index contributed by atoms with van der Waals surface area (Å²) in [7, 11) is -3.08. The van der Waals surface area contributed by atoms with Gasteiger partial charge in [0.1, 0.15) is 0 Å². The van der Waals surface area contributed by atoms with Crippen LogP contribution in [0.15, 0.2) is 34.1 Å². The summed E-state index contributed by atoms with van der Waals surface area (Å²) in [6.45, 7) is 1.02. The van der Waals surface area contributed by atoms with Gasteiger partial charge in [0.2, 0.25) is 0 Å². The molecule has 1 aliphatic carbocycles. The van der Waals surface area contributed by atoms with Crippen LogP contribution in [0.2, 0.25) is 0 Å². The third-order valence-electron chi connectivity index (χ3n) is 3.41. The van der Waals surface area contributed by atoms with Gasteiger partial charge in [-0.3, -0.25) is 0 Å². The SMILES string of the molecule is CS(=O)(=O)c1ccc(SCCNC2CCCC2)cc1. The fraction of sp³-hybridized carbons (Fsp3) is 0.571.